The lowest BCUT2D eigenvalue weighted by Gasteiger charge is -2.35. The molecule has 0 atom stereocenters. The third-order valence-corrected chi connectivity index (χ3v) is 4.70. The fourth-order valence-electron chi connectivity index (χ4n) is 3.13. The van der Waals surface area contributed by atoms with Gasteiger partial charge in [0.2, 0.25) is 0 Å². The van der Waals surface area contributed by atoms with Crippen LogP contribution in [-0.2, 0) is 11.3 Å². The highest BCUT2D eigenvalue weighted by atomic mass is 127. The van der Waals surface area contributed by atoms with Gasteiger partial charge in [-0.15, -0.1) is 24.0 Å². The van der Waals surface area contributed by atoms with Crippen molar-refractivity contribution < 1.29 is 14.3 Å². The van der Waals surface area contributed by atoms with Crippen LogP contribution in [0.1, 0.15) is 19.7 Å². The molecule has 0 aliphatic carbocycles. The zero-order valence-corrected chi connectivity index (χ0v) is 20.5. The molecule has 0 spiro atoms. The molecule has 0 bridgehead atoms. The van der Waals surface area contributed by atoms with Crippen LogP contribution in [-0.4, -0.2) is 83.5 Å². The normalized spacial score (nSPS) is 14.1. The van der Waals surface area contributed by atoms with Crippen molar-refractivity contribution in [1.82, 2.24) is 30.3 Å². The number of amides is 1. The van der Waals surface area contributed by atoms with E-state index >= 15 is 0 Å². The average Bonchev–Trinajstić information content (AvgIpc) is 3.26. The van der Waals surface area contributed by atoms with Gasteiger partial charge in [-0.2, -0.15) is 5.10 Å². The maximum Gasteiger partial charge on any atom is 0.409 e. The van der Waals surface area contributed by atoms with Crippen LogP contribution in [0.2, 0.25) is 0 Å². The second-order valence-electron chi connectivity index (χ2n) is 6.68. The van der Waals surface area contributed by atoms with E-state index in [0.717, 1.165) is 23.8 Å². The fourth-order valence-corrected chi connectivity index (χ4v) is 3.13. The Hall–Kier alpha value is -2.57. The van der Waals surface area contributed by atoms with Crippen molar-refractivity contribution in [1.29, 1.82) is 0 Å². The maximum atomic E-state index is 11.9. The van der Waals surface area contributed by atoms with Gasteiger partial charge in [0.05, 0.1) is 13.7 Å². The summed E-state index contributed by atoms with van der Waals surface area (Å²) in [5.41, 5.74) is 0.907. The lowest BCUT2D eigenvalue weighted by molar-refractivity contribution is 0.0914. The zero-order chi connectivity index (χ0) is 21.3. The number of carbonyl (C=O) groups is 1. The van der Waals surface area contributed by atoms with E-state index in [4.69, 9.17) is 14.5 Å². The van der Waals surface area contributed by atoms with Gasteiger partial charge >= 0.3 is 6.09 Å². The Labute approximate surface area is 199 Å². The molecule has 2 heterocycles. The minimum absolute atomic E-state index is 0. The molecule has 1 aliphatic heterocycles. The summed E-state index contributed by atoms with van der Waals surface area (Å²) < 4.78 is 10.3. The van der Waals surface area contributed by atoms with Crippen LogP contribution in [0, 0.1) is 0 Å². The first-order chi connectivity index (χ1) is 14.6. The molecule has 0 unspecified atom stereocenters. The molecule has 0 radical (unpaired) electrons. The third kappa shape index (κ3) is 6.71. The molecule has 1 aliphatic rings. The Balaban J connectivity index is 0.00000341. The quantitative estimate of drug-likeness (QED) is 0.327. The minimum Gasteiger partial charge on any atom is -0.497 e. The molecule has 11 heteroatoms. The van der Waals surface area contributed by atoms with Crippen LogP contribution >= 0.6 is 24.0 Å². The van der Waals surface area contributed by atoms with E-state index in [1.165, 1.54) is 0 Å². The molecule has 0 saturated carbocycles. The number of benzene rings is 1. The number of guanidine groups is 1. The van der Waals surface area contributed by atoms with Crippen molar-refractivity contribution in [3.63, 3.8) is 0 Å². The smallest absolute Gasteiger partial charge is 0.409 e. The van der Waals surface area contributed by atoms with Gasteiger partial charge < -0.3 is 24.6 Å². The van der Waals surface area contributed by atoms with Crippen LogP contribution in [0.3, 0.4) is 0 Å². The Morgan fingerprint density at radius 2 is 1.84 bits per heavy atom. The molecular weight excluding hydrogens is 513 g/mol. The number of hydrogen-bond acceptors (Lipinski definition) is 6. The molecule has 1 aromatic heterocycles. The van der Waals surface area contributed by atoms with Crippen molar-refractivity contribution in [2.75, 3.05) is 46.4 Å². The van der Waals surface area contributed by atoms with E-state index in [2.05, 4.69) is 25.4 Å². The second kappa shape index (κ2) is 12.3. The van der Waals surface area contributed by atoms with E-state index in [1.54, 1.807) is 12.0 Å². The fraction of sp³-hybridized carbons (Fsp3) is 0.500. The number of hydrogen-bond donors (Lipinski definition) is 2. The molecule has 2 N–H and O–H groups in total. The predicted molar refractivity (Wildman–Crippen MR) is 129 cm³/mol. The first-order valence-corrected chi connectivity index (χ1v) is 10.1. The molecule has 170 valence electrons. The summed E-state index contributed by atoms with van der Waals surface area (Å²) in [6, 6.07) is 7.59. The van der Waals surface area contributed by atoms with Gasteiger partial charge in [-0.25, -0.2) is 14.8 Å². The highest BCUT2D eigenvalue weighted by Crippen LogP contribution is 2.19. The lowest BCUT2D eigenvalue weighted by atomic mass is 10.2. The molecule has 1 amide bonds. The van der Waals surface area contributed by atoms with E-state index < -0.39 is 0 Å². The third-order valence-electron chi connectivity index (χ3n) is 4.70. The van der Waals surface area contributed by atoms with Crippen molar-refractivity contribution >= 4 is 36.0 Å². The molecule has 1 fully saturated rings. The molecular formula is C20H30IN7O3. The van der Waals surface area contributed by atoms with E-state index in [1.807, 2.05) is 38.1 Å². The Kier molecular flexibility index (Phi) is 9.82. The van der Waals surface area contributed by atoms with Gasteiger partial charge in [0.1, 0.15) is 18.1 Å². The van der Waals surface area contributed by atoms with Crippen molar-refractivity contribution in [3.8, 4) is 17.1 Å². The first kappa shape index (κ1) is 24.7. The number of ether oxygens (including phenoxy) is 2. The Morgan fingerprint density at radius 1 is 1.16 bits per heavy atom. The molecule has 3 rings (SSSR count). The molecule has 31 heavy (non-hydrogen) atoms. The van der Waals surface area contributed by atoms with Crippen LogP contribution in [0.15, 0.2) is 29.3 Å². The van der Waals surface area contributed by atoms with E-state index in [9.17, 15) is 4.79 Å². The van der Waals surface area contributed by atoms with Gasteiger partial charge in [-0.3, -0.25) is 5.10 Å². The summed E-state index contributed by atoms with van der Waals surface area (Å²) in [5, 5.41) is 10.5. The summed E-state index contributed by atoms with van der Waals surface area (Å²) in [5.74, 6) is 2.89. The van der Waals surface area contributed by atoms with Gasteiger partial charge in [0, 0.05) is 38.3 Å². The number of aromatic nitrogens is 3. The number of H-pyrrole nitrogens is 1. The Bertz CT molecular complexity index is 849. The number of aromatic amines is 1. The number of aliphatic imine (C=N–C) groups is 1. The largest absolute Gasteiger partial charge is 0.497 e. The number of nitrogens with one attached hydrogen (secondary N) is 2. The van der Waals surface area contributed by atoms with Crippen LogP contribution in [0.4, 0.5) is 4.79 Å². The number of halogens is 1. The summed E-state index contributed by atoms with van der Waals surface area (Å²) in [6.45, 7) is 7.96. The number of nitrogens with zero attached hydrogens (tertiary/aromatic N) is 5. The number of methoxy groups -OCH3 is 1. The summed E-state index contributed by atoms with van der Waals surface area (Å²) in [4.78, 5) is 25.0. The summed E-state index contributed by atoms with van der Waals surface area (Å²) >= 11 is 0. The van der Waals surface area contributed by atoms with Crippen LogP contribution < -0.4 is 10.1 Å². The molecule has 1 aromatic carbocycles. The SMILES string of the molecule is CCNC(=NCc1nc(-c2ccc(OC)cc2)n[nH]1)N1CCN(C(=O)OCC)CC1.I. The van der Waals surface area contributed by atoms with Crippen molar-refractivity contribution in [3.05, 3.63) is 30.1 Å². The van der Waals surface area contributed by atoms with Gasteiger partial charge in [0.15, 0.2) is 11.8 Å². The second-order valence-corrected chi connectivity index (χ2v) is 6.68. The van der Waals surface area contributed by atoms with Gasteiger partial charge in [-0.1, -0.05) is 0 Å². The van der Waals surface area contributed by atoms with E-state index in [-0.39, 0.29) is 30.1 Å². The monoisotopic (exact) mass is 543 g/mol. The molecule has 1 saturated heterocycles. The van der Waals surface area contributed by atoms with Crippen molar-refractivity contribution in [2.24, 2.45) is 4.99 Å². The standard InChI is InChI=1S/C20H29N7O3.HI/c1-4-21-19(26-10-12-27(13-11-26)20(28)30-5-2)22-14-17-23-18(25-24-17)15-6-8-16(29-3)9-7-15;/h6-9H,4-5,10-14H2,1-3H3,(H,21,22)(H,23,24,25);1H. The number of rotatable bonds is 6. The van der Waals surface area contributed by atoms with Crippen LogP contribution in [0.5, 0.6) is 5.75 Å². The minimum atomic E-state index is -0.258. The highest BCUT2D eigenvalue weighted by molar-refractivity contribution is 14.0. The lowest BCUT2D eigenvalue weighted by Crippen LogP contribution is -2.53. The van der Waals surface area contributed by atoms with Crippen LogP contribution in [0.25, 0.3) is 11.4 Å². The highest BCUT2D eigenvalue weighted by Gasteiger charge is 2.23. The Morgan fingerprint density at radius 3 is 2.45 bits per heavy atom. The maximum absolute atomic E-state index is 11.9. The first-order valence-electron chi connectivity index (χ1n) is 10.1. The average molecular weight is 543 g/mol. The van der Waals surface area contributed by atoms with E-state index in [0.29, 0.717) is 51.0 Å². The van der Waals surface area contributed by atoms with Gasteiger partial charge in [0.25, 0.3) is 0 Å². The van der Waals surface area contributed by atoms with Crippen molar-refractivity contribution in [2.45, 2.75) is 20.4 Å². The number of carbonyl (C=O) groups excluding carboxylic acids is 1. The predicted octanol–water partition coefficient (Wildman–Crippen LogP) is 2.34. The number of piperazine rings is 1. The topological polar surface area (TPSA) is 108 Å². The van der Waals surface area contributed by atoms with Gasteiger partial charge in [-0.05, 0) is 38.1 Å². The molecule has 10 nitrogen and oxygen atoms in total. The summed E-state index contributed by atoms with van der Waals surface area (Å²) in [7, 11) is 1.64. The molecule has 2 aromatic rings. The zero-order valence-electron chi connectivity index (χ0n) is 18.1. The summed E-state index contributed by atoms with van der Waals surface area (Å²) in [6.07, 6.45) is -0.258.